The quantitative estimate of drug-likeness (QED) is 0.778. The highest BCUT2D eigenvalue weighted by Gasteiger charge is 2.73. The van der Waals surface area contributed by atoms with Gasteiger partial charge in [0.05, 0.1) is 0 Å². The van der Waals surface area contributed by atoms with Crippen molar-refractivity contribution < 1.29 is 8.78 Å². The van der Waals surface area contributed by atoms with E-state index >= 15 is 0 Å². The first-order valence-corrected chi connectivity index (χ1v) is 4.53. The first-order chi connectivity index (χ1) is 6.57. The van der Waals surface area contributed by atoms with E-state index in [1.165, 1.54) is 11.0 Å². The van der Waals surface area contributed by atoms with Crippen LogP contribution in [0.3, 0.4) is 0 Å². The molecule has 0 aliphatic heterocycles. The summed E-state index contributed by atoms with van der Waals surface area (Å²) in [5.41, 5.74) is 4.13. The zero-order chi connectivity index (χ0) is 10.4. The van der Waals surface area contributed by atoms with Crippen LogP contribution in [-0.2, 0) is 12.0 Å². The van der Waals surface area contributed by atoms with Crippen LogP contribution in [0.4, 0.5) is 8.78 Å². The molecule has 2 rings (SSSR count). The van der Waals surface area contributed by atoms with Crippen LogP contribution >= 0.6 is 0 Å². The fourth-order valence-corrected chi connectivity index (χ4v) is 1.76. The minimum absolute atomic E-state index is 0.0846. The lowest BCUT2D eigenvalue weighted by molar-refractivity contribution is 0.0863. The lowest BCUT2D eigenvalue weighted by Gasteiger charge is -2.13. The van der Waals surface area contributed by atoms with Gasteiger partial charge in [0.15, 0.2) is 0 Å². The second-order valence-electron chi connectivity index (χ2n) is 3.57. The smallest absolute Gasteiger partial charge is 0.263 e. The van der Waals surface area contributed by atoms with Crippen molar-refractivity contribution in [1.29, 1.82) is 0 Å². The summed E-state index contributed by atoms with van der Waals surface area (Å²) in [5, 5.41) is 3.87. The van der Waals surface area contributed by atoms with Gasteiger partial charge in [-0.15, -0.1) is 0 Å². The maximum Gasteiger partial charge on any atom is 0.263 e. The number of aryl methyl sites for hydroxylation is 1. The Morgan fingerprint density at radius 3 is 2.71 bits per heavy atom. The van der Waals surface area contributed by atoms with Crippen LogP contribution in [0.5, 0.6) is 0 Å². The van der Waals surface area contributed by atoms with Gasteiger partial charge in [-0.05, 0) is 6.92 Å². The summed E-state index contributed by atoms with van der Waals surface area (Å²) in [7, 11) is 0. The fourth-order valence-electron chi connectivity index (χ4n) is 1.76. The highest BCUT2D eigenvalue weighted by molar-refractivity contribution is 5.29. The molecule has 1 aromatic heterocycles. The molecule has 4 nitrogen and oxygen atoms in total. The number of rotatable bonds is 3. The van der Waals surface area contributed by atoms with Crippen molar-refractivity contribution in [1.82, 2.24) is 14.8 Å². The van der Waals surface area contributed by atoms with Crippen molar-refractivity contribution >= 4 is 0 Å². The minimum atomic E-state index is -2.72. The lowest BCUT2D eigenvalue weighted by Crippen LogP contribution is -2.30. The molecule has 1 unspecified atom stereocenters. The van der Waals surface area contributed by atoms with Gasteiger partial charge < -0.3 is 5.73 Å². The summed E-state index contributed by atoms with van der Waals surface area (Å²) in [6.45, 7) is 2.29. The highest BCUT2D eigenvalue weighted by Crippen LogP contribution is 2.60. The van der Waals surface area contributed by atoms with Gasteiger partial charge in [-0.1, -0.05) is 0 Å². The van der Waals surface area contributed by atoms with Crippen LogP contribution in [0, 0.1) is 0 Å². The molecule has 0 amide bonds. The number of hydrogen-bond acceptors (Lipinski definition) is 3. The Hall–Kier alpha value is -1.04. The zero-order valence-corrected chi connectivity index (χ0v) is 7.87. The number of nitrogens with zero attached hydrogens (tertiary/aromatic N) is 3. The van der Waals surface area contributed by atoms with Gasteiger partial charge in [0.1, 0.15) is 17.6 Å². The molecule has 0 saturated heterocycles. The molecule has 14 heavy (non-hydrogen) atoms. The van der Waals surface area contributed by atoms with Crippen LogP contribution in [-0.4, -0.2) is 27.2 Å². The van der Waals surface area contributed by atoms with Crippen molar-refractivity contribution in [2.75, 3.05) is 6.54 Å². The van der Waals surface area contributed by atoms with E-state index in [-0.39, 0.29) is 13.0 Å². The van der Waals surface area contributed by atoms with Gasteiger partial charge in [0.2, 0.25) is 0 Å². The predicted octanol–water partition coefficient (Wildman–Crippen LogP) is 0.533. The molecule has 0 aromatic carbocycles. The number of nitrogens with two attached hydrogens (primary N) is 1. The summed E-state index contributed by atoms with van der Waals surface area (Å²) in [4.78, 5) is 3.88. The van der Waals surface area contributed by atoms with Crippen molar-refractivity contribution in [2.24, 2.45) is 5.73 Å². The normalized spacial score (nSPS) is 29.1. The minimum Gasteiger partial charge on any atom is -0.329 e. The first-order valence-electron chi connectivity index (χ1n) is 4.53. The van der Waals surface area contributed by atoms with Gasteiger partial charge in [-0.3, -0.25) is 0 Å². The van der Waals surface area contributed by atoms with E-state index in [9.17, 15) is 8.78 Å². The van der Waals surface area contributed by atoms with Gasteiger partial charge in [-0.2, -0.15) is 5.10 Å². The maximum absolute atomic E-state index is 13.2. The molecule has 1 aliphatic carbocycles. The van der Waals surface area contributed by atoms with Gasteiger partial charge in [0, 0.05) is 19.5 Å². The monoisotopic (exact) mass is 202 g/mol. The second kappa shape index (κ2) is 2.73. The summed E-state index contributed by atoms with van der Waals surface area (Å²) in [6, 6.07) is 0. The van der Waals surface area contributed by atoms with Gasteiger partial charge >= 0.3 is 0 Å². The maximum atomic E-state index is 13.2. The van der Waals surface area contributed by atoms with E-state index in [1.807, 2.05) is 6.92 Å². The van der Waals surface area contributed by atoms with Crippen molar-refractivity contribution in [3.63, 3.8) is 0 Å². The van der Waals surface area contributed by atoms with Gasteiger partial charge in [0.25, 0.3) is 5.92 Å². The standard InChI is InChI=1S/C8H12F2N4/c1-2-14-6(12-5-13-14)7(4-11)3-8(7,9)10/h5H,2-4,11H2,1H3. The summed E-state index contributed by atoms with van der Waals surface area (Å²) in [5.74, 6) is -2.41. The highest BCUT2D eigenvalue weighted by atomic mass is 19.3. The Morgan fingerprint density at radius 2 is 2.29 bits per heavy atom. The third-order valence-corrected chi connectivity index (χ3v) is 2.79. The Bertz CT molecular complexity index is 349. The van der Waals surface area contributed by atoms with Crippen LogP contribution in [0.1, 0.15) is 19.2 Å². The molecule has 1 aliphatic rings. The number of halogens is 2. The van der Waals surface area contributed by atoms with E-state index in [1.54, 1.807) is 0 Å². The molecule has 0 spiro atoms. The summed E-state index contributed by atoms with van der Waals surface area (Å²) < 4.78 is 27.8. The first kappa shape index (κ1) is 9.51. The Balaban J connectivity index is 2.40. The van der Waals surface area contributed by atoms with Crippen LogP contribution in [0.15, 0.2) is 6.33 Å². The molecule has 2 N–H and O–H groups in total. The third-order valence-electron chi connectivity index (χ3n) is 2.79. The van der Waals surface area contributed by atoms with E-state index < -0.39 is 11.3 Å². The van der Waals surface area contributed by atoms with Crippen LogP contribution < -0.4 is 5.73 Å². The summed E-state index contributed by atoms with van der Waals surface area (Å²) >= 11 is 0. The van der Waals surface area contributed by atoms with E-state index in [2.05, 4.69) is 10.1 Å². The number of hydrogen-bond donors (Lipinski definition) is 1. The Morgan fingerprint density at radius 1 is 1.64 bits per heavy atom. The Labute approximate surface area is 80.1 Å². The number of aromatic nitrogens is 3. The zero-order valence-electron chi connectivity index (χ0n) is 7.87. The topological polar surface area (TPSA) is 56.7 Å². The molecule has 78 valence electrons. The van der Waals surface area contributed by atoms with E-state index in [0.29, 0.717) is 12.4 Å². The molecule has 0 radical (unpaired) electrons. The molecule has 1 saturated carbocycles. The van der Waals surface area contributed by atoms with Crippen LogP contribution in [0.2, 0.25) is 0 Å². The second-order valence-corrected chi connectivity index (χ2v) is 3.57. The largest absolute Gasteiger partial charge is 0.329 e. The lowest BCUT2D eigenvalue weighted by atomic mass is 10.1. The average Bonchev–Trinajstić information content (AvgIpc) is 2.56. The van der Waals surface area contributed by atoms with Crippen LogP contribution in [0.25, 0.3) is 0 Å². The van der Waals surface area contributed by atoms with Crippen molar-refractivity contribution in [3.05, 3.63) is 12.2 Å². The Kier molecular flexibility index (Phi) is 1.85. The summed E-state index contributed by atoms with van der Waals surface area (Å²) in [6.07, 6.45) is 1.08. The molecular weight excluding hydrogens is 190 g/mol. The number of alkyl halides is 2. The SMILES string of the molecule is CCn1ncnc1C1(CN)CC1(F)F. The third kappa shape index (κ3) is 1.00. The molecule has 1 fully saturated rings. The molecule has 1 heterocycles. The molecule has 6 heteroatoms. The van der Waals surface area contributed by atoms with Crippen molar-refractivity contribution in [2.45, 2.75) is 31.2 Å². The fraction of sp³-hybridized carbons (Fsp3) is 0.750. The molecule has 1 atom stereocenters. The van der Waals surface area contributed by atoms with Gasteiger partial charge in [-0.25, -0.2) is 18.4 Å². The van der Waals surface area contributed by atoms with E-state index in [4.69, 9.17) is 5.73 Å². The van der Waals surface area contributed by atoms with E-state index in [0.717, 1.165) is 0 Å². The average molecular weight is 202 g/mol. The molecular formula is C8H12F2N4. The van der Waals surface area contributed by atoms with Crippen molar-refractivity contribution in [3.8, 4) is 0 Å². The molecule has 0 bridgehead atoms. The molecule has 1 aromatic rings. The predicted molar refractivity (Wildman–Crippen MR) is 46.0 cm³/mol.